The first kappa shape index (κ1) is 17.4. The predicted molar refractivity (Wildman–Crippen MR) is 79.5 cm³/mol. The highest BCUT2D eigenvalue weighted by atomic mass is 16.5. The van der Waals surface area contributed by atoms with Crippen LogP contribution in [0.25, 0.3) is 0 Å². The Morgan fingerprint density at radius 1 is 1.30 bits per heavy atom. The minimum Gasteiger partial charge on any atom is -0.395 e. The average Bonchev–Trinajstić information content (AvgIpc) is 2.47. The summed E-state index contributed by atoms with van der Waals surface area (Å²) in [4.78, 5) is 4.45. The largest absolute Gasteiger partial charge is 0.395 e. The van der Waals surface area contributed by atoms with Crippen molar-refractivity contribution in [1.82, 2.24) is 9.80 Å². The molecule has 0 radical (unpaired) electrons. The van der Waals surface area contributed by atoms with Gasteiger partial charge in [-0.25, -0.2) is 0 Å². The van der Waals surface area contributed by atoms with Crippen LogP contribution in [0.2, 0.25) is 0 Å². The fourth-order valence-corrected chi connectivity index (χ4v) is 2.21. The van der Waals surface area contributed by atoms with Crippen molar-refractivity contribution in [2.24, 2.45) is 0 Å². The molecule has 0 saturated carbocycles. The van der Waals surface area contributed by atoms with Crippen molar-refractivity contribution in [2.45, 2.75) is 32.0 Å². The molecule has 0 aliphatic carbocycles. The second kappa shape index (κ2) is 8.60. The smallest absolute Gasteiger partial charge is 0.125 e. The van der Waals surface area contributed by atoms with E-state index in [2.05, 4.69) is 15.7 Å². The summed E-state index contributed by atoms with van der Waals surface area (Å²) in [7, 11) is 0. The summed E-state index contributed by atoms with van der Waals surface area (Å²) in [5, 5.41) is 18.9. The summed E-state index contributed by atoms with van der Waals surface area (Å²) in [6.07, 6.45) is 5.66. The lowest BCUT2D eigenvalue weighted by Gasteiger charge is -2.35. The fourth-order valence-electron chi connectivity index (χ4n) is 2.21. The normalized spacial score (nSPS) is 22.1. The number of aliphatic hydroxyl groups excluding tert-OH is 2. The number of hydrogen-bond acceptors (Lipinski definition) is 5. The van der Waals surface area contributed by atoms with Gasteiger partial charge >= 0.3 is 0 Å². The summed E-state index contributed by atoms with van der Waals surface area (Å²) >= 11 is 0. The summed E-state index contributed by atoms with van der Waals surface area (Å²) in [6.45, 7) is 9.36. The molecule has 1 aliphatic rings. The Kier molecular flexibility index (Phi) is 7.49. The second-order valence-electron chi connectivity index (χ2n) is 5.56. The summed E-state index contributed by atoms with van der Waals surface area (Å²) in [6, 6.07) is 0. The molecule has 5 heteroatoms. The number of hydrogen-bond donors (Lipinski definition) is 2. The third-order valence-corrected chi connectivity index (χ3v) is 3.92. The zero-order valence-electron chi connectivity index (χ0n) is 12.7. The summed E-state index contributed by atoms with van der Waals surface area (Å²) < 4.78 is 5.63. The van der Waals surface area contributed by atoms with Crippen molar-refractivity contribution in [3.63, 3.8) is 0 Å². The van der Waals surface area contributed by atoms with Crippen LogP contribution >= 0.6 is 0 Å². The van der Waals surface area contributed by atoms with Gasteiger partial charge in [-0.2, -0.15) is 0 Å². The Bertz CT molecular complexity index is 311. The maximum Gasteiger partial charge on any atom is 0.125 e. The Hall–Kier alpha value is -0.640. The van der Waals surface area contributed by atoms with Crippen LogP contribution in [-0.4, -0.2) is 84.2 Å². The molecule has 1 rings (SSSR count). The molecule has 116 valence electrons. The van der Waals surface area contributed by atoms with E-state index in [0.717, 1.165) is 39.1 Å². The van der Waals surface area contributed by atoms with Crippen molar-refractivity contribution >= 4 is 0 Å². The molecule has 5 nitrogen and oxygen atoms in total. The minimum absolute atomic E-state index is 0.207. The van der Waals surface area contributed by atoms with Gasteiger partial charge in [-0.1, -0.05) is 12.8 Å². The monoisotopic (exact) mass is 284 g/mol. The highest BCUT2D eigenvalue weighted by molar-refractivity contribution is 5.05. The average molecular weight is 284 g/mol. The molecule has 0 aromatic carbocycles. The third kappa shape index (κ3) is 5.78. The Balaban J connectivity index is 2.24. The lowest BCUT2D eigenvalue weighted by molar-refractivity contribution is -0.0501. The Morgan fingerprint density at radius 2 is 1.90 bits per heavy atom. The topological polar surface area (TPSA) is 56.2 Å². The number of terminal acetylenes is 1. The maximum atomic E-state index is 10.0. The molecule has 1 saturated heterocycles. The van der Waals surface area contributed by atoms with Gasteiger partial charge in [-0.3, -0.25) is 9.80 Å². The van der Waals surface area contributed by atoms with Crippen molar-refractivity contribution < 1.29 is 14.9 Å². The maximum absolute atomic E-state index is 10.0. The van der Waals surface area contributed by atoms with E-state index in [1.807, 2.05) is 13.8 Å². The number of rotatable bonds is 8. The van der Waals surface area contributed by atoms with E-state index in [-0.39, 0.29) is 13.2 Å². The van der Waals surface area contributed by atoms with Crippen molar-refractivity contribution in [1.29, 1.82) is 0 Å². The quantitative estimate of drug-likeness (QED) is 0.603. The van der Waals surface area contributed by atoms with Crippen LogP contribution in [-0.2, 0) is 4.74 Å². The molecular weight excluding hydrogens is 256 g/mol. The molecule has 2 atom stereocenters. The molecule has 20 heavy (non-hydrogen) atoms. The van der Waals surface area contributed by atoms with Gasteiger partial charge in [-0.15, -0.1) is 6.42 Å². The summed E-state index contributed by atoms with van der Waals surface area (Å²) in [5.74, 6) is 2.63. The van der Waals surface area contributed by atoms with Gasteiger partial charge in [0.1, 0.15) is 5.60 Å². The molecule has 0 bridgehead atoms. The van der Waals surface area contributed by atoms with Crippen LogP contribution in [0.4, 0.5) is 0 Å². The van der Waals surface area contributed by atoms with Crippen molar-refractivity contribution in [2.75, 3.05) is 52.5 Å². The van der Waals surface area contributed by atoms with Gasteiger partial charge in [0.2, 0.25) is 0 Å². The highest BCUT2D eigenvalue weighted by Crippen LogP contribution is 2.14. The van der Waals surface area contributed by atoms with E-state index in [4.69, 9.17) is 16.3 Å². The van der Waals surface area contributed by atoms with Crippen LogP contribution in [0.1, 0.15) is 20.3 Å². The first-order chi connectivity index (χ1) is 9.53. The molecule has 0 amide bonds. The molecule has 2 N–H and O–H groups in total. The first-order valence-corrected chi connectivity index (χ1v) is 7.38. The second-order valence-corrected chi connectivity index (χ2v) is 5.56. The third-order valence-electron chi connectivity index (χ3n) is 3.92. The van der Waals surface area contributed by atoms with Gasteiger partial charge in [0.25, 0.3) is 0 Å². The standard InChI is InChI=1S/C15H28N2O3/c1-4-15(3,5-2)20-13-14(19)12-17-8-6-16(7-9-17)10-11-18/h1,14,18-19H,5-13H2,2-3H3/t14-,15+/m1/s1. The first-order valence-electron chi connectivity index (χ1n) is 7.38. The molecule has 0 unspecified atom stereocenters. The van der Waals surface area contributed by atoms with Crippen LogP contribution in [0, 0.1) is 12.3 Å². The lowest BCUT2D eigenvalue weighted by atomic mass is 10.1. The molecular formula is C15H28N2O3. The number of ether oxygens (including phenoxy) is 1. The van der Waals surface area contributed by atoms with E-state index in [1.54, 1.807) is 0 Å². The van der Waals surface area contributed by atoms with E-state index in [1.165, 1.54) is 0 Å². The van der Waals surface area contributed by atoms with E-state index in [9.17, 15) is 5.11 Å². The SMILES string of the molecule is C#C[C@@](C)(CC)OC[C@H](O)CN1CCN(CCO)CC1. The van der Waals surface area contributed by atoms with Crippen LogP contribution in [0.15, 0.2) is 0 Å². The highest BCUT2D eigenvalue weighted by Gasteiger charge is 2.23. The summed E-state index contributed by atoms with van der Waals surface area (Å²) in [5.41, 5.74) is -0.583. The van der Waals surface area contributed by atoms with Crippen molar-refractivity contribution in [3.8, 4) is 12.3 Å². The number of β-amino-alcohol motifs (C(OH)–C–C–N with tert-alkyl or cyclic N) is 2. The Labute approximate surface area is 122 Å². The van der Waals surface area contributed by atoms with E-state index < -0.39 is 11.7 Å². The van der Waals surface area contributed by atoms with Crippen molar-refractivity contribution in [3.05, 3.63) is 0 Å². The molecule has 0 aromatic heterocycles. The zero-order chi connectivity index (χ0) is 15.0. The molecule has 1 fully saturated rings. The Morgan fingerprint density at radius 3 is 2.40 bits per heavy atom. The molecule has 0 spiro atoms. The van der Waals surface area contributed by atoms with E-state index in [0.29, 0.717) is 6.54 Å². The number of piperazine rings is 1. The van der Waals surface area contributed by atoms with Gasteiger partial charge in [0.05, 0.1) is 19.3 Å². The van der Waals surface area contributed by atoms with Gasteiger partial charge in [0, 0.05) is 39.3 Å². The van der Waals surface area contributed by atoms with Gasteiger partial charge in [0.15, 0.2) is 0 Å². The van der Waals surface area contributed by atoms with Crippen LogP contribution in [0.3, 0.4) is 0 Å². The predicted octanol–water partition coefficient (Wildman–Crippen LogP) is -0.224. The fraction of sp³-hybridized carbons (Fsp3) is 0.867. The van der Waals surface area contributed by atoms with Gasteiger partial charge < -0.3 is 14.9 Å². The van der Waals surface area contributed by atoms with Crippen LogP contribution < -0.4 is 0 Å². The van der Waals surface area contributed by atoms with Crippen LogP contribution in [0.5, 0.6) is 0 Å². The molecule has 0 aromatic rings. The number of aliphatic hydroxyl groups is 2. The minimum atomic E-state index is -0.583. The number of nitrogens with zero attached hydrogens (tertiary/aromatic N) is 2. The lowest BCUT2D eigenvalue weighted by Crippen LogP contribution is -2.49. The van der Waals surface area contributed by atoms with E-state index >= 15 is 0 Å². The molecule has 1 aliphatic heterocycles. The molecule has 1 heterocycles. The zero-order valence-corrected chi connectivity index (χ0v) is 12.7. The van der Waals surface area contributed by atoms with Gasteiger partial charge in [-0.05, 0) is 13.3 Å².